The lowest BCUT2D eigenvalue weighted by Gasteiger charge is -2.33. The number of piperidine rings is 2. The normalized spacial score (nSPS) is 17.1. The Balaban J connectivity index is 1.09. The number of rotatable bonds is 8. The summed E-state index contributed by atoms with van der Waals surface area (Å²) < 4.78 is 5.26. The Hall–Kier alpha value is -4.35. The van der Waals surface area contributed by atoms with Gasteiger partial charge in [-0.1, -0.05) is 30.8 Å². The fourth-order valence-corrected chi connectivity index (χ4v) is 5.76. The number of hydrogen-bond acceptors (Lipinski definition) is 7. The van der Waals surface area contributed by atoms with Crippen molar-refractivity contribution in [3.05, 3.63) is 95.3 Å². The molecule has 1 aromatic heterocycles. The van der Waals surface area contributed by atoms with Crippen LogP contribution in [0, 0.1) is 17.2 Å². The van der Waals surface area contributed by atoms with Crippen molar-refractivity contribution >= 4 is 17.2 Å². The summed E-state index contributed by atoms with van der Waals surface area (Å²) in [6.07, 6.45) is 3.72. The molecular weight excluding hydrogens is 524 g/mol. The molecule has 0 spiro atoms. The third-order valence-corrected chi connectivity index (χ3v) is 8.41. The monoisotopic (exact) mass is 562 g/mol. The summed E-state index contributed by atoms with van der Waals surface area (Å²) in [6, 6.07) is 21.9. The number of nitriles is 1. The van der Waals surface area contributed by atoms with Crippen LogP contribution in [0.3, 0.4) is 0 Å². The van der Waals surface area contributed by atoms with Crippen LogP contribution in [0.25, 0.3) is 5.57 Å². The Morgan fingerprint density at radius 2 is 1.60 bits per heavy atom. The first-order chi connectivity index (χ1) is 20.4. The maximum atomic E-state index is 13.1. The highest BCUT2D eigenvalue weighted by Crippen LogP contribution is 2.31. The number of carbonyl (C=O) groups is 1. The van der Waals surface area contributed by atoms with E-state index >= 15 is 0 Å². The minimum atomic E-state index is -0.0770. The van der Waals surface area contributed by atoms with Crippen molar-refractivity contribution in [2.75, 3.05) is 33.3 Å². The number of carbonyl (C=O) groups excluding carboxylic acids is 1. The van der Waals surface area contributed by atoms with Gasteiger partial charge in [0.2, 0.25) is 0 Å². The van der Waals surface area contributed by atoms with Crippen molar-refractivity contribution in [1.29, 1.82) is 5.26 Å². The van der Waals surface area contributed by atoms with Crippen LogP contribution >= 0.6 is 0 Å². The Labute approximate surface area is 248 Å². The van der Waals surface area contributed by atoms with Gasteiger partial charge in [-0.3, -0.25) is 14.7 Å². The smallest absolute Gasteiger partial charge is 0.274 e. The number of likely N-dealkylation sites (tertiary alicyclic amines) is 2. The molecule has 8 nitrogen and oxygen atoms in total. The molecule has 0 saturated carbocycles. The van der Waals surface area contributed by atoms with Crippen molar-refractivity contribution in [2.24, 2.45) is 10.9 Å². The van der Waals surface area contributed by atoms with E-state index in [0.717, 1.165) is 67.9 Å². The summed E-state index contributed by atoms with van der Waals surface area (Å²) in [5.74, 6) is 1.10. The van der Waals surface area contributed by atoms with Gasteiger partial charge < -0.3 is 9.64 Å². The molecule has 8 heteroatoms. The Bertz CT molecular complexity index is 1440. The molecule has 3 aromatic rings. The predicted molar refractivity (Wildman–Crippen MR) is 164 cm³/mol. The van der Waals surface area contributed by atoms with E-state index in [1.165, 1.54) is 5.56 Å². The zero-order valence-corrected chi connectivity index (χ0v) is 24.5. The molecule has 0 unspecified atom stereocenters. The van der Waals surface area contributed by atoms with E-state index < -0.39 is 0 Å². The van der Waals surface area contributed by atoms with Gasteiger partial charge in [0, 0.05) is 32.7 Å². The maximum Gasteiger partial charge on any atom is 0.274 e. The minimum Gasteiger partial charge on any atom is -0.497 e. The van der Waals surface area contributed by atoms with Gasteiger partial charge in [0.25, 0.3) is 5.91 Å². The number of nitrogens with zero attached hydrogens (tertiary/aromatic N) is 6. The number of hydrogen-bond donors (Lipinski definition) is 0. The van der Waals surface area contributed by atoms with Crippen LogP contribution in [0.5, 0.6) is 5.75 Å². The minimum absolute atomic E-state index is 0.0770. The lowest BCUT2D eigenvalue weighted by atomic mass is 9.86. The summed E-state index contributed by atoms with van der Waals surface area (Å²) in [4.78, 5) is 22.4. The molecule has 0 radical (unpaired) electrons. The number of allylic oxidation sites excluding steroid dienone is 1. The molecule has 3 heterocycles. The Kier molecular flexibility index (Phi) is 9.40. The summed E-state index contributed by atoms with van der Waals surface area (Å²) >= 11 is 0. The SMILES string of the molecule is C=C(c1ccc(OC)cc1)C1CCN(C(=O)c2ccc(C(C)=NC3CCN(Cc4ccc(C#N)cc4)CC3)nn2)CC1. The molecular formula is C34H38N6O2. The van der Waals surface area contributed by atoms with Crippen molar-refractivity contribution in [2.45, 2.75) is 45.2 Å². The molecule has 0 bridgehead atoms. The number of ether oxygens (including phenoxy) is 1. The van der Waals surface area contributed by atoms with Gasteiger partial charge in [0.1, 0.15) is 11.4 Å². The van der Waals surface area contributed by atoms with Gasteiger partial charge in [0.05, 0.1) is 30.5 Å². The summed E-state index contributed by atoms with van der Waals surface area (Å²) in [5.41, 5.74) is 6.07. The first-order valence-corrected chi connectivity index (χ1v) is 14.7. The third-order valence-electron chi connectivity index (χ3n) is 8.41. The topological polar surface area (TPSA) is 94.7 Å². The highest BCUT2D eigenvalue weighted by Gasteiger charge is 2.27. The zero-order valence-electron chi connectivity index (χ0n) is 24.5. The van der Waals surface area contributed by atoms with E-state index in [9.17, 15) is 4.79 Å². The summed E-state index contributed by atoms with van der Waals surface area (Å²) in [5, 5.41) is 17.6. The quantitative estimate of drug-likeness (QED) is 0.342. The zero-order chi connectivity index (χ0) is 29.5. The lowest BCUT2D eigenvalue weighted by Crippen LogP contribution is -2.39. The van der Waals surface area contributed by atoms with Crippen molar-refractivity contribution in [1.82, 2.24) is 20.0 Å². The molecule has 0 aliphatic carbocycles. The Morgan fingerprint density at radius 3 is 2.19 bits per heavy atom. The number of methoxy groups -OCH3 is 1. The highest BCUT2D eigenvalue weighted by atomic mass is 16.5. The van der Waals surface area contributed by atoms with Gasteiger partial charge in [-0.15, -0.1) is 10.2 Å². The molecule has 2 aromatic carbocycles. The van der Waals surface area contributed by atoms with Crippen molar-refractivity contribution < 1.29 is 9.53 Å². The van der Waals surface area contributed by atoms with Crippen molar-refractivity contribution in [3.8, 4) is 11.8 Å². The van der Waals surface area contributed by atoms with E-state index in [0.29, 0.717) is 36.0 Å². The Morgan fingerprint density at radius 1 is 0.952 bits per heavy atom. The van der Waals surface area contributed by atoms with E-state index in [1.807, 2.05) is 66.4 Å². The van der Waals surface area contributed by atoms with Crippen LogP contribution < -0.4 is 4.74 Å². The predicted octanol–water partition coefficient (Wildman–Crippen LogP) is 5.40. The van der Waals surface area contributed by atoms with Crippen molar-refractivity contribution in [3.63, 3.8) is 0 Å². The van der Waals surface area contributed by atoms with E-state index in [-0.39, 0.29) is 11.9 Å². The average Bonchev–Trinajstić information content (AvgIpc) is 3.05. The molecule has 42 heavy (non-hydrogen) atoms. The summed E-state index contributed by atoms with van der Waals surface area (Å²) in [7, 11) is 1.66. The van der Waals surface area contributed by atoms with Crippen LogP contribution in [0.4, 0.5) is 0 Å². The highest BCUT2D eigenvalue weighted by molar-refractivity contribution is 5.98. The van der Waals surface area contributed by atoms with Crippen LogP contribution in [0.2, 0.25) is 0 Å². The third kappa shape index (κ3) is 7.10. The fourth-order valence-electron chi connectivity index (χ4n) is 5.76. The number of benzene rings is 2. The van der Waals surface area contributed by atoms with Crippen LogP contribution in [0.15, 0.2) is 72.2 Å². The first kappa shape index (κ1) is 29.2. The van der Waals surface area contributed by atoms with Crippen LogP contribution in [-0.2, 0) is 6.54 Å². The number of aromatic nitrogens is 2. The standard InChI is InChI=1S/C34H38N6O2/c1-24(28-8-10-31(42-3)11-9-28)29-14-20-40(21-15-29)34(41)33-13-12-32(37-38-33)25(2)36-30-16-18-39(19-17-30)23-27-6-4-26(22-35)5-7-27/h4-13,29-30H,1,14-21,23H2,2-3H3. The number of amides is 1. The molecule has 2 saturated heterocycles. The van der Waals surface area contributed by atoms with Gasteiger partial charge >= 0.3 is 0 Å². The summed E-state index contributed by atoms with van der Waals surface area (Å²) in [6.45, 7) is 10.5. The molecule has 2 aliphatic rings. The second kappa shape index (κ2) is 13.5. The average molecular weight is 563 g/mol. The fraction of sp³-hybridized carbons (Fsp3) is 0.382. The van der Waals surface area contributed by atoms with Gasteiger partial charge in [-0.05, 0) is 91.6 Å². The van der Waals surface area contributed by atoms with E-state index in [4.69, 9.17) is 15.0 Å². The van der Waals surface area contributed by atoms with Crippen LogP contribution in [-0.4, -0.2) is 70.9 Å². The molecule has 216 valence electrons. The first-order valence-electron chi connectivity index (χ1n) is 14.7. The molecule has 2 aliphatic heterocycles. The second-order valence-electron chi connectivity index (χ2n) is 11.2. The lowest BCUT2D eigenvalue weighted by molar-refractivity contribution is 0.0700. The van der Waals surface area contributed by atoms with E-state index in [1.54, 1.807) is 13.2 Å². The second-order valence-corrected chi connectivity index (χ2v) is 11.2. The van der Waals surface area contributed by atoms with E-state index in [2.05, 4.69) is 27.7 Å². The molecule has 0 atom stereocenters. The van der Waals surface area contributed by atoms with Gasteiger partial charge in [0.15, 0.2) is 5.69 Å². The van der Waals surface area contributed by atoms with Gasteiger partial charge in [-0.2, -0.15) is 5.26 Å². The van der Waals surface area contributed by atoms with Gasteiger partial charge in [-0.25, -0.2) is 0 Å². The molecule has 5 rings (SSSR count). The largest absolute Gasteiger partial charge is 0.497 e. The molecule has 0 N–H and O–H groups in total. The number of aliphatic imine (C=N–C) groups is 1. The molecule has 2 fully saturated rings. The maximum absolute atomic E-state index is 13.1. The van der Waals surface area contributed by atoms with Crippen LogP contribution in [0.1, 0.15) is 65.5 Å². The molecule has 1 amide bonds.